The molecule has 142 valence electrons. The second kappa shape index (κ2) is 5.60. The summed E-state index contributed by atoms with van der Waals surface area (Å²) in [5.41, 5.74) is 3.29. The Morgan fingerprint density at radius 2 is 1.92 bits per heavy atom. The Labute approximate surface area is 155 Å². The minimum absolute atomic E-state index is 0.000693. The molecular weight excluding hydrogens is 324 g/mol. The summed E-state index contributed by atoms with van der Waals surface area (Å²) in [6, 6.07) is 1.78. The van der Waals surface area contributed by atoms with Crippen molar-refractivity contribution in [2.45, 2.75) is 77.2 Å². The van der Waals surface area contributed by atoms with Gasteiger partial charge in [-0.15, -0.1) is 0 Å². The van der Waals surface area contributed by atoms with Crippen LogP contribution in [0.3, 0.4) is 0 Å². The van der Waals surface area contributed by atoms with Gasteiger partial charge >= 0.3 is 0 Å². The Bertz CT molecular complexity index is 792. The van der Waals surface area contributed by atoms with E-state index in [1.54, 1.807) is 11.6 Å². The van der Waals surface area contributed by atoms with Gasteiger partial charge in [0.2, 0.25) is 0 Å². The molecule has 0 radical (unpaired) electrons. The fourth-order valence-corrected chi connectivity index (χ4v) is 7.69. The molecule has 0 bridgehead atoms. The van der Waals surface area contributed by atoms with Gasteiger partial charge in [0.1, 0.15) is 0 Å². The molecule has 3 saturated carbocycles. The van der Waals surface area contributed by atoms with Crippen LogP contribution < -0.4 is 5.56 Å². The van der Waals surface area contributed by atoms with Gasteiger partial charge in [-0.2, -0.15) is 0 Å². The molecule has 3 fully saturated rings. The second-order valence-electron chi connectivity index (χ2n) is 10.0. The van der Waals surface area contributed by atoms with Crippen molar-refractivity contribution in [3.63, 3.8) is 0 Å². The molecule has 5 rings (SSSR count). The van der Waals surface area contributed by atoms with Crippen LogP contribution in [0.25, 0.3) is 0 Å². The Hall–Kier alpha value is -1.29. The van der Waals surface area contributed by atoms with E-state index < -0.39 is 0 Å². The minimum Gasteiger partial charge on any atom is -0.393 e. The third-order valence-electron chi connectivity index (χ3n) is 9.07. The zero-order valence-corrected chi connectivity index (χ0v) is 16.1. The fraction of sp³-hybridized carbons (Fsp3) is 0.773. The molecule has 0 spiro atoms. The predicted molar refractivity (Wildman–Crippen MR) is 102 cm³/mol. The number of aromatic nitrogens is 2. The first-order chi connectivity index (χ1) is 12.4. The standard InChI is InChI=1S/C22H32N2O2/c1-21-9-7-14(25)11-13(21)3-4-15-16-5-6-18(19-12-20(26)24-23-19)22(16,2)10-8-17(15)21/h3,12,14-18,25H,4-11H2,1-2H3,(H2,23,24,26). The van der Waals surface area contributed by atoms with Crippen molar-refractivity contribution in [1.29, 1.82) is 0 Å². The minimum atomic E-state index is -0.124. The summed E-state index contributed by atoms with van der Waals surface area (Å²) in [4.78, 5) is 11.7. The number of rotatable bonds is 1. The number of nitrogens with one attached hydrogen (secondary N) is 2. The van der Waals surface area contributed by atoms with E-state index in [-0.39, 0.29) is 11.7 Å². The fourth-order valence-electron chi connectivity index (χ4n) is 7.69. The van der Waals surface area contributed by atoms with Crippen LogP contribution in [0.2, 0.25) is 0 Å². The summed E-state index contributed by atoms with van der Waals surface area (Å²) in [6.07, 6.45) is 11.6. The molecule has 0 aromatic carbocycles. The molecule has 1 aromatic rings. The molecule has 26 heavy (non-hydrogen) atoms. The zero-order valence-electron chi connectivity index (χ0n) is 16.1. The number of aliphatic hydroxyl groups is 1. The SMILES string of the molecule is CC12CCC(O)CC1=CCC1C2CCC2(C)C(c3cc(=O)[nH][nH]3)CCC12. The van der Waals surface area contributed by atoms with Crippen LogP contribution in [0.4, 0.5) is 0 Å². The largest absolute Gasteiger partial charge is 0.393 e. The van der Waals surface area contributed by atoms with E-state index in [9.17, 15) is 9.90 Å². The first-order valence-corrected chi connectivity index (χ1v) is 10.6. The molecular formula is C22H32N2O2. The van der Waals surface area contributed by atoms with E-state index in [2.05, 4.69) is 30.1 Å². The highest BCUT2D eigenvalue weighted by Crippen LogP contribution is 2.67. The van der Waals surface area contributed by atoms with Crippen LogP contribution in [-0.2, 0) is 0 Å². The lowest BCUT2D eigenvalue weighted by Crippen LogP contribution is -2.50. The summed E-state index contributed by atoms with van der Waals surface area (Å²) in [6.45, 7) is 4.98. The highest BCUT2D eigenvalue weighted by atomic mass is 16.3. The van der Waals surface area contributed by atoms with E-state index in [1.807, 2.05) is 0 Å². The topological polar surface area (TPSA) is 68.9 Å². The average molecular weight is 357 g/mol. The molecule has 1 aromatic heterocycles. The highest BCUT2D eigenvalue weighted by molar-refractivity contribution is 5.27. The number of fused-ring (bicyclic) bond motifs is 5. The predicted octanol–water partition coefficient (Wildman–Crippen LogP) is 4.11. The molecule has 4 heteroatoms. The summed E-state index contributed by atoms with van der Waals surface area (Å²) in [5.74, 6) is 2.79. The van der Waals surface area contributed by atoms with Gasteiger partial charge in [0.05, 0.1) is 6.10 Å². The maximum Gasteiger partial charge on any atom is 0.264 e. The molecule has 0 aliphatic heterocycles. The van der Waals surface area contributed by atoms with Crippen molar-refractivity contribution < 1.29 is 5.11 Å². The maximum atomic E-state index is 11.7. The molecule has 0 saturated heterocycles. The van der Waals surface area contributed by atoms with Gasteiger partial charge in [0.15, 0.2) is 0 Å². The Morgan fingerprint density at radius 3 is 2.69 bits per heavy atom. The molecule has 1 heterocycles. The smallest absolute Gasteiger partial charge is 0.264 e. The van der Waals surface area contributed by atoms with Crippen LogP contribution in [0.15, 0.2) is 22.5 Å². The highest BCUT2D eigenvalue weighted by Gasteiger charge is 2.58. The van der Waals surface area contributed by atoms with Gasteiger partial charge in [-0.1, -0.05) is 25.5 Å². The monoisotopic (exact) mass is 356 g/mol. The first-order valence-electron chi connectivity index (χ1n) is 10.6. The van der Waals surface area contributed by atoms with E-state index in [4.69, 9.17) is 0 Å². The van der Waals surface area contributed by atoms with Crippen LogP contribution in [0.5, 0.6) is 0 Å². The van der Waals surface area contributed by atoms with E-state index in [1.165, 1.54) is 32.1 Å². The average Bonchev–Trinajstić information content (AvgIpc) is 3.18. The van der Waals surface area contributed by atoms with Gasteiger partial charge in [-0.05, 0) is 80.0 Å². The van der Waals surface area contributed by atoms with Crippen molar-refractivity contribution in [1.82, 2.24) is 10.2 Å². The van der Waals surface area contributed by atoms with Crippen LogP contribution in [-0.4, -0.2) is 21.4 Å². The molecule has 7 atom stereocenters. The van der Waals surface area contributed by atoms with Crippen molar-refractivity contribution in [2.75, 3.05) is 0 Å². The summed E-state index contributed by atoms with van der Waals surface area (Å²) in [5, 5.41) is 16.0. The Balaban J connectivity index is 1.47. The maximum absolute atomic E-state index is 11.7. The van der Waals surface area contributed by atoms with Crippen molar-refractivity contribution in [3.8, 4) is 0 Å². The summed E-state index contributed by atoms with van der Waals surface area (Å²) in [7, 11) is 0. The lowest BCUT2D eigenvalue weighted by Gasteiger charge is -2.58. The lowest BCUT2D eigenvalue weighted by atomic mass is 9.47. The Morgan fingerprint density at radius 1 is 1.08 bits per heavy atom. The number of aromatic amines is 2. The number of hydrogen-bond acceptors (Lipinski definition) is 2. The van der Waals surface area contributed by atoms with Gasteiger partial charge in [-0.3, -0.25) is 9.89 Å². The third-order valence-corrected chi connectivity index (χ3v) is 9.07. The molecule has 4 nitrogen and oxygen atoms in total. The lowest BCUT2D eigenvalue weighted by molar-refractivity contribution is -0.0412. The van der Waals surface area contributed by atoms with Crippen molar-refractivity contribution in [2.24, 2.45) is 28.6 Å². The van der Waals surface area contributed by atoms with Gasteiger partial charge < -0.3 is 10.2 Å². The second-order valence-corrected chi connectivity index (χ2v) is 10.0. The first kappa shape index (κ1) is 16.9. The van der Waals surface area contributed by atoms with Crippen molar-refractivity contribution in [3.05, 3.63) is 33.8 Å². The van der Waals surface area contributed by atoms with E-state index >= 15 is 0 Å². The summed E-state index contributed by atoms with van der Waals surface area (Å²) >= 11 is 0. The molecule has 0 amide bonds. The normalized spacial score (nSPS) is 47.7. The van der Waals surface area contributed by atoms with E-state index in [0.29, 0.717) is 16.7 Å². The van der Waals surface area contributed by atoms with E-state index in [0.717, 1.165) is 42.7 Å². The van der Waals surface area contributed by atoms with Crippen LogP contribution in [0.1, 0.15) is 76.8 Å². The van der Waals surface area contributed by atoms with Gasteiger partial charge in [0.25, 0.3) is 5.56 Å². The number of aliphatic hydroxyl groups excluding tert-OH is 1. The van der Waals surface area contributed by atoms with Gasteiger partial charge in [-0.25, -0.2) is 0 Å². The summed E-state index contributed by atoms with van der Waals surface area (Å²) < 4.78 is 0. The van der Waals surface area contributed by atoms with Crippen molar-refractivity contribution >= 4 is 0 Å². The third kappa shape index (κ3) is 2.20. The number of H-pyrrole nitrogens is 2. The number of hydrogen-bond donors (Lipinski definition) is 3. The molecule has 7 unspecified atom stereocenters. The Kier molecular flexibility index (Phi) is 3.63. The van der Waals surface area contributed by atoms with Gasteiger partial charge in [0, 0.05) is 17.7 Å². The number of allylic oxidation sites excluding steroid dienone is 1. The molecule has 4 aliphatic rings. The van der Waals surface area contributed by atoms with Crippen LogP contribution >= 0.6 is 0 Å². The quantitative estimate of drug-likeness (QED) is 0.663. The molecule has 4 aliphatic carbocycles. The molecule has 3 N–H and O–H groups in total. The van der Waals surface area contributed by atoms with Crippen LogP contribution in [0, 0.1) is 28.6 Å². The zero-order chi connectivity index (χ0) is 18.1.